The molecule has 0 bridgehead atoms. The van der Waals surface area contributed by atoms with Gasteiger partial charge in [-0.25, -0.2) is 0 Å². The second-order valence-corrected chi connectivity index (χ2v) is 3.70. The summed E-state index contributed by atoms with van der Waals surface area (Å²) in [6.07, 6.45) is 0. The number of aromatic amines is 1. The molecule has 0 atom stereocenters. The molecule has 0 radical (unpaired) electrons. The van der Waals surface area contributed by atoms with Crippen LogP contribution < -0.4 is 10.2 Å². The summed E-state index contributed by atoms with van der Waals surface area (Å²) in [5.74, 6) is -0.233. The predicted octanol–water partition coefficient (Wildman–Crippen LogP) is 0.121. The molecule has 0 saturated carbocycles. The Kier molecular flexibility index (Phi) is 3.84. The third kappa shape index (κ3) is 2.68. The standard InChI is InChI=1S/C8H12N2O3S/c1-5-6(14-8(12)10-5)7(11)9-3-4-13-2/h3-4H2,1-2H3,(H,9,11)(H,10,12). The Morgan fingerprint density at radius 2 is 2.36 bits per heavy atom. The number of nitrogens with one attached hydrogen (secondary N) is 2. The average Bonchev–Trinajstić information content (AvgIpc) is 2.45. The van der Waals surface area contributed by atoms with E-state index in [0.717, 1.165) is 11.3 Å². The van der Waals surface area contributed by atoms with Crippen LogP contribution in [0.3, 0.4) is 0 Å². The van der Waals surface area contributed by atoms with E-state index in [1.54, 1.807) is 14.0 Å². The number of amides is 1. The lowest BCUT2D eigenvalue weighted by atomic mass is 10.4. The van der Waals surface area contributed by atoms with Gasteiger partial charge in [0.25, 0.3) is 5.91 Å². The Hall–Kier alpha value is -1.14. The Morgan fingerprint density at radius 3 is 2.86 bits per heavy atom. The molecule has 6 heteroatoms. The highest BCUT2D eigenvalue weighted by Gasteiger charge is 2.11. The van der Waals surface area contributed by atoms with E-state index < -0.39 is 0 Å². The monoisotopic (exact) mass is 216 g/mol. The number of hydrogen-bond donors (Lipinski definition) is 2. The first-order valence-electron chi connectivity index (χ1n) is 4.12. The minimum absolute atomic E-state index is 0.209. The first kappa shape index (κ1) is 10.9. The molecule has 5 nitrogen and oxygen atoms in total. The van der Waals surface area contributed by atoms with Crippen molar-refractivity contribution in [2.75, 3.05) is 20.3 Å². The molecule has 0 spiro atoms. The summed E-state index contributed by atoms with van der Waals surface area (Å²) in [7, 11) is 1.56. The van der Waals surface area contributed by atoms with Crippen LogP contribution in [0, 0.1) is 6.92 Å². The fourth-order valence-electron chi connectivity index (χ4n) is 0.968. The van der Waals surface area contributed by atoms with Gasteiger partial charge >= 0.3 is 4.87 Å². The van der Waals surface area contributed by atoms with Gasteiger partial charge in [-0.15, -0.1) is 0 Å². The number of aromatic nitrogens is 1. The number of hydrogen-bond acceptors (Lipinski definition) is 4. The zero-order chi connectivity index (χ0) is 10.6. The third-order valence-corrected chi connectivity index (χ3v) is 2.61. The van der Waals surface area contributed by atoms with E-state index in [0.29, 0.717) is 23.7 Å². The molecular weight excluding hydrogens is 204 g/mol. The van der Waals surface area contributed by atoms with Crippen LogP contribution >= 0.6 is 11.3 Å². The van der Waals surface area contributed by atoms with Gasteiger partial charge in [-0.05, 0) is 6.92 Å². The van der Waals surface area contributed by atoms with E-state index in [2.05, 4.69) is 10.3 Å². The van der Waals surface area contributed by atoms with Crippen molar-refractivity contribution in [3.8, 4) is 0 Å². The van der Waals surface area contributed by atoms with Gasteiger partial charge in [-0.2, -0.15) is 0 Å². The first-order valence-corrected chi connectivity index (χ1v) is 4.93. The van der Waals surface area contributed by atoms with Crippen molar-refractivity contribution in [2.45, 2.75) is 6.92 Å². The predicted molar refractivity (Wildman–Crippen MR) is 53.9 cm³/mol. The van der Waals surface area contributed by atoms with E-state index >= 15 is 0 Å². The lowest BCUT2D eigenvalue weighted by Crippen LogP contribution is -2.26. The zero-order valence-corrected chi connectivity index (χ0v) is 8.86. The molecule has 0 aliphatic rings. The summed E-state index contributed by atoms with van der Waals surface area (Å²) in [5, 5.41) is 2.64. The first-order chi connectivity index (χ1) is 6.65. The van der Waals surface area contributed by atoms with Gasteiger partial charge in [-0.1, -0.05) is 11.3 Å². The molecule has 1 aromatic heterocycles. The van der Waals surface area contributed by atoms with Gasteiger partial charge in [0.1, 0.15) is 4.88 Å². The SMILES string of the molecule is COCCNC(=O)c1sc(=O)[nH]c1C. The topological polar surface area (TPSA) is 71.2 Å². The molecule has 78 valence electrons. The summed E-state index contributed by atoms with van der Waals surface area (Å²) in [4.78, 5) is 25.1. The number of rotatable bonds is 4. The lowest BCUT2D eigenvalue weighted by molar-refractivity contribution is 0.0940. The van der Waals surface area contributed by atoms with E-state index in [4.69, 9.17) is 4.74 Å². The quantitative estimate of drug-likeness (QED) is 0.702. The summed E-state index contributed by atoms with van der Waals surface area (Å²) >= 11 is 0.917. The van der Waals surface area contributed by atoms with Crippen molar-refractivity contribution in [3.05, 3.63) is 20.2 Å². The smallest absolute Gasteiger partial charge is 0.305 e. The van der Waals surface area contributed by atoms with Gasteiger partial charge in [0, 0.05) is 19.3 Å². The minimum atomic E-state index is -0.233. The molecule has 0 fully saturated rings. The summed E-state index contributed by atoms with van der Waals surface area (Å²) in [6.45, 7) is 2.61. The van der Waals surface area contributed by atoms with Crippen LogP contribution in [0.5, 0.6) is 0 Å². The van der Waals surface area contributed by atoms with Crippen molar-refractivity contribution in [2.24, 2.45) is 0 Å². The van der Waals surface area contributed by atoms with Gasteiger partial charge in [-0.3, -0.25) is 9.59 Å². The van der Waals surface area contributed by atoms with Crippen molar-refractivity contribution >= 4 is 17.2 Å². The number of thiazole rings is 1. The Morgan fingerprint density at radius 1 is 1.64 bits per heavy atom. The maximum Gasteiger partial charge on any atom is 0.305 e. The Balaban J connectivity index is 2.60. The second kappa shape index (κ2) is 4.92. The molecule has 1 amide bonds. The summed E-state index contributed by atoms with van der Waals surface area (Å²) in [6, 6.07) is 0. The van der Waals surface area contributed by atoms with Gasteiger partial charge in [0.05, 0.1) is 6.61 Å². The van der Waals surface area contributed by atoms with Crippen LogP contribution in [0.2, 0.25) is 0 Å². The number of ether oxygens (including phenoxy) is 1. The summed E-state index contributed by atoms with van der Waals surface area (Å²) in [5.41, 5.74) is 0.606. The van der Waals surface area contributed by atoms with Crippen LogP contribution in [-0.4, -0.2) is 31.2 Å². The molecule has 0 saturated heterocycles. The summed E-state index contributed by atoms with van der Waals surface area (Å²) < 4.78 is 4.78. The molecule has 1 aromatic rings. The Labute approximate surface area is 85.1 Å². The second-order valence-electron chi connectivity index (χ2n) is 2.72. The van der Waals surface area contributed by atoms with Crippen molar-refractivity contribution in [3.63, 3.8) is 0 Å². The average molecular weight is 216 g/mol. The molecule has 0 aliphatic carbocycles. The highest BCUT2D eigenvalue weighted by Crippen LogP contribution is 2.06. The number of carbonyl (C=O) groups is 1. The number of methoxy groups -OCH3 is 1. The van der Waals surface area contributed by atoms with Crippen molar-refractivity contribution in [1.82, 2.24) is 10.3 Å². The normalized spacial score (nSPS) is 10.1. The fraction of sp³-hybridized carbons (Fsp3) is 0.500. The van der Waals surface area contributed by atoms with E-state index in [1.165, 1.54) is 0 Å². The molecule has 2 N–H and O–H groups in total. The van der Waals surface area contributed by atoms with Crippen LogP contribution in [0.25, 0.3) is 0 Å². The van der Waals surface area contributed by atoms with Gasteiger partial charge in [0.2, 0.25) is 0 Å². The third-order valence-electron chi connectivity index (χ3n) is 1.62. The Bertz CT molecular complexity index is 369. The van der Waals surface area contributed by atoms with E-state index in [-0.39, 0.29) is 10.8 Å². The van der Waals surface area contributed by atoms with Crippen LogP contribution in [0.1, 0.15) is 15.4 Å². The number of aryl methyl sites for hydroxylation is 1. The maximum absolute atomic E-state index is 11.4. The molecule has 0 aliphatic heterocycles. The van der Waals surface area contributed by atoms with Crippen LogP contribution in [0.15, 0.2) is 4.79 Å². The largest absolute Gasteiger partial charge is 0.383 e. The molecule has 0 aromatic carbocycles. The highest BCUT2D eigenvalue weighted by atomic mass is 32.1. The molecule has 14 heavy (non-hydrogen) atoms. The minimum Gasteiger partial charge on any atom is -0.383 e. The lowest BCUT2D eigenvalue weighted by Gasteiger charge is -2.02. The molecule has 1 heterocycles. The van der Waals surface area contributed by atoms with E-state index in [1.807, 2.05) is 0 Å². The van der Waals surface area contributed by atoms with E-state index in [9.17, 15) is 9.59 Å². The van der Waals surface area contributed by atoms with Gasteiger partial charge < -0.3 is 15.0 Å². The number of carbonyl (C=O) groups excluding carboxylic acids is 1. The highest BCUT2D eigenvalue weighted by molar-refractivity contribution is 7.11. The van der Waals surface area contributed by atoms with Crippen LogP contribution in [-0.2, 0) is 4.74 Å². The molecule has 0 unspecified atom stereocenters. The zero-order valence-electron chi connectivity index (χ0n) is 8.05. The van der Waals surface area contributed by atoms with Gasteiger partial charge in [0.15, 0.2) is 0 Å². The fourth-order valence-corrected chi connectivity index (χ4v) is 1.73. The maximum atomic E-state index is 11.4. The van der Waals surface area contributed by atoms with Crippen molar-refractivity contribution < 1.29 is 9.53 Å². The molecule has 1 rings (SSSR count). The van der Waals surface area contributed by atoms with Crippen LogP contribution in [0.4, 0.5) is 0 Å². The molecular formula is C8H12N2O3S. The number of H-pyrrole nitrogens is 1. The van der Waals surface area contributed by atoms with Crippen molar-refractivity contribution in [1.29, 1.82) is 0 Å².